The Morgan fingerprint density at radius 2 is 1.78 bits per heavy atom. The molecule has 4 aromatic rings. The first-order valence-corrected chi connectivity index (χ1v) is 12.8. The van der Waals surface area contributed by atoms with E-state index in [2.05, 4.69) is 41.5 Å². The number of nitrogens with zero attached hydrogens (tertiary/aromatic N) is 2. The van der Waals surface area contributed by atoms with E-state index in [1.165, 1.54) is 23.5 Å². The molecule has 0 unspecified atom stereocenters. The lowest BCUT2D eigenvalue weighted by Gasteiger charge is -2.07. The van der Waals surface area contributed by atoms with E-state index in [0.717, 1.165) is 58.4 Å². The number of nitrogens with one attached hydrogen (secondary N) is 1. The summed E-state index contributed by atoms with van der Waals surface area (Å²) < 4.78 is 31.8. The van der Waals surface area contributed by atoms with E-state index in [0.29, 0.717) is 25.6 Å². The van der Waals surface area contributed by atoms with Crippen molar-refractivity contribution in [1.29, 1.82) is 0 Å². The van der Waals surface area contributed by atoms with E-state index < -0.39 is 10.7 Å². The number of thiophene rings is 1. The Morgan fingerprint density at radius 3 is 2.51 bits per heavy atom. The molecule has 8 nitrogen and oxygen atoms in total. The molecule has 0 saturated heterocycles. The van der Waals surface area contributed by atoms with Crippen LogP contribution >= 0.6 is 11.3 Å². The number of nitro benzene ring substituents is 1. The maximum atomic E-state index is 14.4. The largest absolute Gasteiger partial charge is 0.453 e. The number of nitro groups is 1. The maximum absolute atomic E-state index is 14.4. The van der Waals surface area contributed by atoms with Crippen molar-refractivity contribution < 1.29 is 23.5 Å². The molecule has 0 fully saturated rings. The van der Waals surface area contributed by atoms with Gasteiger partial charge in [-0.1, -0.05) is 31.2 Å². The van der Waals surface area contributed by atoms with Gasteiger partial charge < -0.3 is 19.5 Å². The number of ether oxygens (including phenoxy) is 3. The SMILES string of the molecule is CCCOCCOCCNCc1ccc(-c2cc3nccc(Oc4ccc([N+](=O)[O-])cc4F)c3s2)cc1. The number of non-ortho nitro benzene ring substituents is 1. The van der Waals surface area contributed by atoms with Crippen LogP contribution < -0.4 is 10.1 Å². The minimum absolute atomic E-state index is 0.0832. The van der Waals surface area contributed by atoms with Crippen LogP contribution in [0, 0.1) is 15.9 Å². The number of aromatic nitrogens is 1. The number of pyridine rings is 1. The zero-order valence-corrected chi connectivity index (χ0v) is 21.3. The van der Waals surface area contributed by atoms with Crippen LogP contribution in [0.3, 0.4) is 0 Å². The monoisotopic (exact) mass is 525 g/mol. The molecular weight excluding hydrogens is 497 g/mol. The van der Waals surface area contributed by atoms with Crippen LogP contribution in [0.1, 0.15) is 18.9 Å². The van der Waals surface area contributed by atoms with E-state index in [-0.39, 0.29) is 11.4 Å². The Kier molecular flexibility index (Phi) is 9.50. The molecule has 0 aliphatic heterocycles. The van der Waals surface area contributed by atoms with Gasteiger partial charge in [0.2, 0.25) is 0 Å². The van der Waals surface area contributed by atoms with Crippen LogP contribution in [0.5, 0.6) is 11.5 Å². The molecule has 1 N–H and O–H groups in total. The van der Waals surface area contributed by atoms with Crippen molar-refractivity contribution in [3.63, 3.8) is 0 Å². The highest BCUT2D eigenvalue weighted by Crippen LogP contribution is 2.39. The van der Waals surface area contributed by atoms with Crippen molar-refractivity contribution in [2.75, 3.05) is 33.0 Å². The van der Waals surface area contributed by atoms with Crippen molar-refractivity contribution in [1.82, 2.24) is 10.3 Å². The van der Waals surface area contributed by atoms with Gasteiger partial charge in [0, 0.05) is 42.9 Å². The summed E-state index contributed by atoms with van der Waals surface area (Å²) in [5.41, 5.74) is 2.59. The lowest BCUT2D eigenvalue weighted by atomic mass is 10.1. The first-order valence-electron chi connectivity index (χ1n) is 12.0. The van der Waals surface area contributed by atoms with Gasteiger partial charge in [0.05, 0.1) is 41.0 Å². The minimum atomic E-state index is -0.798. The zero-order chi connectivity index (χ0) is 26.0. The van der Waals surface area contributed by atoms with E-state index in [9.17, 15) is 14.5 Å². The molecule has 0 saturated carbocycles. The molecule has 0 radical (unpaired) electrons. The number of benzene rings is 2. The van der Waals surface area contributed by atoms with Crippen molar-refractivity contribution in [3.8, 4) is 21.9 Å². The van der Waals surface area contributed by atoms with Crippen LogP contribution in [0.4, 0.5) is 10.1 Å². The summed E-state index contributed by atoms with van der Waals surface area (Å²) >= 11 is 1.49. The van der Waals surface area contributed by atoms with Gasteiger partial charge in [-0.2, -0.15) is 0 Å². The average Bonchev–Trinajstić information content (AvgIpc) is 3.34. The standard InChI is InChI=1S/C27H28FN3O5S/c1-2-12-34-14-15-35-13-11-29-18-19-3-5-20(6-4-19)26-17-23-27(37-26)25(9-10-30-23)36-24-8-7-21(31(32)33)16-22(24)28/h3-10,16-17,29H,2,11-15,18H2,1H3. The number of rotatable bonds is 14. The van der Waals surface area contributed by atoms with Gasteiger partial charge in [-0.3, -0.25) is 15.1 Å². The molecule has 194 valence electrons. The van der Waals surface area contributed by atoms with Crippen molar-refractivity contribution in [3.05, 3.63) is 82.3 Å². The van der Waals surface area contributed by atoms with Gasteiger partial charge in [-0.15, -0.1) is 11.3 Å². The first kappa shape index (κ1) is 26.6. The third-order valence-corrected chi connectivity index (χ3v) is 6.62. The van der Waals surface area contributed by atoms with Gasteiger partial charge in [0.15, 0.2) is 11.6 Å². The number of hydrogen-bond acceptors (Lipinski definition) is 8. The summed E-state index contributed by atoms with van der Waals surface area (Å²) in [6, 6.07) is 15.2. The zero-order valence-electron chi connectivity index (χ0n) is 20.4. The molecule has 10 heteroatoms. The van der Waals surface area contributed by atoms with Crippen molar-refractivity contribution in [2.45, 2.75) is 19.9 Å². The summed E-state index contributed by atoms with van der Waals surface area (Å²) in [6.45, 7) is 6.22. The fraction of sp³-hybridized carbons (Fsp3) is 0.296. The molecule has 0 bridgehead atoms. The van der Waals surface area contributed by atoms with Gasteiger partial charge in [0.25, 0.3) is 5.69 Å². The molecule has 2 aromatic carbocycles. The number of fused-ring (bicyclic) bond motifs is 1. The van der Waals surface area contributed by atoms with E-state index in [4.69, 9.17) is 14.2 Å². The van der Waals surface area contributed by atoms with E-state index in [1.54, 1.807) is 12.3 Å². The second kappa shape index (κ2) is 13.2. The fourth-order valence-corrected chi connectivity index (χ4v) is 4.64. The van der Waals surface area contributed by atoms with Crippen LogP contribution in [0.25, 0.3) is 20.7 Å². The Bertz CT molecular complexity index is 1330. The maximum Gasteiger partial charge on any atom is 0.272 e. The van der Waals surface area contributed by atoms with Crippen molar-refractivity contribution in [2.24, 2.45) is 0 Å². The van der Waals surface area contributed by atoms with Crippen molar-refractivity contribution >= 4 is 27.2 Å². The van der Waals surface area contributed by atoms with Gasteiger partial charge in [-0.25, -0.2) is 4.39 Å². The number of hydrogen-bond donors (Lipinski definition) is 1. The molecular formula is C27H28FN3O5S. The predicted octanol–water partition coefficient (Wildman–Crippen LogP) is 6.34. The Morgan fingerprint density at radius 1 is 1.00 bits per heavy atom. The fourth-order valence-electron chi connectivity index (χ4n) is 3.57. The van der Waals surface area contributed by atoms with E-state index >= 15 is 0 Å². The molecule has 2 aromatic heterocycles. The quantitative estimate of drug-likeness (QED) is 0.117. The minimum Gasteiger partial charge on any atom is -0.453 e. The smallest absolute Gasteiger partial charge is 0.272 e. The third kappa shape index (κ3) is 7.30. The lowest BCUT2D eigenvalue weighted by molar-refractivity contribution is -0.385. The first-order chi connectivity index (χ1) is 18.0. The average molecular weight is 526 g/mol. The van der Waals surface area contributed by atoms with Crippen LogP contribution in [-0.2, 0) is 16.0 Å². The highest BCUT2D eigenvalue weighted by atomic mass is 32.1. The molecule has 2 heterocycles. The summed E-state index contributed by atoms with van der Waals surface area (Å²) in [5.74, 6) is -0.443. The molecule has 0 atom stereocenters. The normalized spacial score (nSPS) is 11.2. The molecule has 0 spiro atoms. The van der Waals surface area contributed by atoms with Gasteiger partial charge in [0.1, 0.15) is 5.75 Å². The number of halogens is 1. The van der Waals surface area contributed by atoms with Crippen LogP contribution in [0.2, 0.25) is 0 Å². The molecule has 37 heavy (non-hydrogen) atoms. The summed E-state index contributed by atoms with van der Waals surface area (Å²) in [6.07, 6.45) is 2.61. The summed E-state index contributed by atoms with van der Waals surface area (Å²) in [5, 5.41) is 14.2. The predicted molar refractivity (Wildman–Crippen MR) is 142 cm³/mol. The van der Waals surface area contributed by atoms with Crippen LogP contribution in [-0.4, -0.2) is 42.9 Å². The molecule has 0 aliphatic rings. The molecule has 0 aliphatic carbocycles. The highest BCUT2D eigenvalue weighted by molar-refractivity contribution is 7.22. The molecule has 4 rings (SSSR count). The molecule has 0 amide bonds. The topological polar surface area (TPSA) is 95.8 Å². The second-order valence-electron chi connectivity index (χ2n) is 8.21. The van der Waals surface area contributed by atoms with Gasteiger partial charge in [-0.05, 0) is 29.7 Å². The van der Waals surface area contributed by atoms with Crippen LogP contribution in [0.15, 0.2) is 60.8 Å². The van der Waals surface area contributed by atoms with Gasteiger partial charge >= 0.3 is 0 Å². The summed E-state index contributed by atoms with van der Waals surface area (Å²) in [7, 11) is 0. The Hall–Kier alpha value is -3.44. The Labute approximate surface area is 218 Å². The third-order valence-electron chi connectivity index (χ3n) is 5.43. The summed E-state index contributed by atoms with van der Waals surface area (Å²) in [4.78, 5) is 15.6. The highest BCUT2D eigenvalue weighted by Gasteiger charge is 2.15. The lowest BCUT2D eigenvalue weighted by Crippen LogP contribution is -2.20. The Balaban J connectivity index is 1.35. The second-order valence-corrected chi connectivity index (χ2v) is 9.26. The van der Waals surface area contributed by atoms with E-state index in [1.807, 2.05) is 6.07 Å².